The third-order valence-corrected chi connectivity index (χ3v) is 2.21. The average Bonchev–Trinajstić information content (AvgIpc) is 2.03. The second-order valence-corrected chi connectivity index (χ2v) is 3.16. The van der Waals surface area contributed by atoms with Gasteiger partial charge in [0.25, 0.3) is 0 Å². The van der Waals surface area contributed by atoms with Gasteiger partial charge in [-0.2, -0.15) is 0 Å². The molecule has 0 aromatic rings. The van der Waals surface area contributed by atoms with Gasteiger partial charge in [-0.15, -0.1) is 0 Å². The van der Waals surface area contributed by atoms with E-state index in [-0.39, 0.29) is 6.04 Å². The van der Waals surface area contributed by atoms with Crippen LogP contribution in [0, 0.1) is 0 Å². The number of rotatable bonds is 6. The van der Waals surface area contributed by atoms with Crippen molar-refractivity contribution in [1.29, 1.82) is 0 Å². The van der Waals surface area contributed by atoms with E-state index >= 15 is 0 Å². The largest absolute Gasteiger partial charge is 0.298 e. The highest BCUT2D eigenvalue weighted by atomic mass is 16.1. The first-order valence-corrected chi connectivity index (χ1v) is 4.91. The van der Waals surface area contributed by atoms with Crippen LogP contribution >= 0.6 is 0 Å². The van der Waals surface area contributed by atoms with Crippen LogP contribution in [0.4, 0.5) is 0 Å². The summed E-state index contributed by atoms with van der Waals surface area (Å²) in [5.74, 6) is 0.299. The Morgan fingerprint density at radius 3 is 2.17 bits per heavy atom. The molecule has 0 rings (SSSR count). The average molecular weight is 171 g/mol. The molecule has 0 saturated carbocycles. The van der Waals surface area contributed by atoms with E-state index in [4.69, 9.17) is 0 Å². The first kappa shape index (κ1) is 11.6. The summed E-state index contributed by atoms with van der Waals surface area (Å²) in [4.78, 5) is 13.5. The topological polar surface area (TPSA) is 20.3 Å². The SMILES string of the molecule is CCCN(CC)[C@@H](CC)C(C)=O. The molecule has 0 radical (unpaired) electrons. The molecule has 0 N–H and O–H groups in total. The molecule has 0 fully saturated rings. The molecule has 0 bridgehead atoms. The molecule has 0 aliphatic carbocycles. The monoisotopic (exact) mass is 171 g/mol. The molecule has 2 heteroatoms. The van der Waals surface area contributed by atoms with Crippen LogP contribution in [0.15, 0.2) is 0 Å². The van der Waals surface area contributed by atoms with Crippen molar-refractivity contribution in [3.63, 3.8) is 0 Å². The van der Waals surface area contributed by atoms with Gasteiger partial charge in [0, 0.05) is 0 Å². The number of carbonyl (C=O) groups excluding carboxylic acids is 1. The van der Waals surface area contributed by atoms with Gasteiger partial charge in [0.05, 0.1) is 6.04 Å². The van der Waals surface area contributed by atoms with Crippen molar-refractivity contribution >= 4 is 5.78 Å². The maximum atomic E-state index is 11.2. The second kappa shape index (κ2) is 6.18. The lowest BCUT2D eigenvalue weighted by atomic mass is 10.1. The summed E-state index contributed by atoms with van der Waals surface area (Å²) in [5, 5.41) is 0. The van der Waals surface area contributed by atoms with Crippen molar-refractivity contribution in [2.24, 2.45) is 0 Å². The number of likely N-dealkylation sites (N-methyl/N-ethyl adjacent to an activating group) is 1. The van der Waals surface area contributed by atoms with Gasteiger partial charge in [-0.05, 0) is 32.9 Å². The number of hydrogen-bond acceptors (Lipinski definition) is 2. The van der Waals surface area contributed by atoms with E-state index in [2.05, 4.69) is 25.7 Å². The first-order chi connectivity index (χ1) is 5.67. The Bertz CT molecular complexity index is 134. The van der Waals surface area contributed by atoms with Gasteiger partial charge in [-0.1, -0.05) is 20.8 Å². The molecule has 0 unspecified atom stereocenters. The highest BCUT2D eigenvalue weighted by Crippen LogP contribution is 2.05. The lowest BCUT2D eigenvalue weighted by molar-refractivity contribution is -0.122. The fourth-order valence-electron chi connectivity index (χ4n) is 1.62. The molecular formula is C10H21NO. The Morgan fingerprint density at radius 1 is 1.33 bits per heavy atom. The lowest BCUT2D eigenvalue weighted by Gasteiger charge is -2.27. The Hall–Kier alpha value is -0.370. The normalized spacial score (nSPS) is 13.4. The van der Waals surface area contributed by atoms with E-state index in [1.54, 1.807) is 6.92 Å². The highest BCUT2D eigenvalue weighted by Gasteiger charge is 2.17. The Labute approximate surface area is 75.9 Å². The number of hydrogen-bond donors (Lipinski definition) is 0. The summed E-state index contributed by atoms with van der Waals surface area (Å²) in [5.41, 5.74) is 0. The van der Waals surface area contributed by atoms with Crippen LogP contribution in [0.25, 0.3) is 0 Å². The Morgan fingerprint density at radius 2 is 1.92 bits per heavy atom. The van der Waals surface area contributed by atoms with E-state index in [1.165, 1.54) is 0 Å². The van der Waals surface area contributed by atoms with Crippen molar-refractivity contribution in [2.45, 2.75) is 46.6 Å². The number of ketones is 1. The predicted octanol–water partition coefficient (Wildman–Crippen LogP) is 2.09. The summed E-state index contributed by atoms with van der Waals surface area (Å²) in [7, 11) is 0. The molecule has 0 aromatic heterocycles. The van der Waals surface area contributed by atoms with E-state index < -0.39 is 0 Å². The Balaban J connectivity index is 4.12. The maximum absolute atomic E-state index is 11.2. The molecule has 0 aliphatic rings. The zero-order valence-electron chi connectivity index (χ0n) is 8.76. The molecule has 12 heavy (non-hydrogen) atoms. The summed E-state index contributed by atoms with van der Waals surface area (Å²) in [6, 6.07) is 0.148. The molecule has 0 saturated heterocycles. The van der Waals surface area contributed by atoms with E-state index in [0.717, 1.165) is 25.9 Å². The summed E-state index contributed by atoms with van der Waals surface area (Å²) in [6.45, 7) is 10.0. The second-order valence-electron chi connectivity index (χ2n) is 3.16. The van der Waals surface area contributed by atoms with E-state index in [9.17, 15) is 4.79 Å². The van der Waals surface area contributed by atoms with Gasteiger partial charge in [0.2, 0.25) is 0 Å². The smallest absolute Gasteiger partial charge is 0.146 e. The van der Waals surface area contributed by atoms with Crippen LogP contribution in [0.3, 0.4) is 0 Å². The van der Waals surface area contributed by atoms with Crippen LogP contribution < -0.4 is 0 Å². The predicted molar refractivity (Wildman–Crippen MR) is 52.3 cm³/mol. The molecule has 2 nitrogen and oxygen atoms in total. The fraction of sp³-hybridized carbons (Fsp3) is 0.900. The van der Waals surface area contributed by atoms with Gasteiger partial charge in [-0.3, -0.25) is 9.69 Å². The van der Waals surface area contributed by atoms with Crippen molar-refractivity contribution in [3.8, 4) is 0 Å². The van der Waals surface area contributed by atoms with Gasteiger partial charge in [0.1, 0.15) is 5.78 Å². The summed E-state index contributed by atoms with van der Waals surface area (Å²) < 4.78 is 0. The molecular weight excluding hydrogens is 150 g/mol. The van der Waals surface area contributed by atoms with Crippen molar-refractivity contribution in [1.82, 2.24) is 4.90 Å². The quantitative estimate of drug-likeness (QED) is 0.610. The summed E-state index contributed by atoms with van der Waals surface area (Å²) in [6.07, 6.45) is 2.06. The van der Waals surface area contributed by atoms with Gasteiger partial charge < -0.3 is 0 Å². The lowest BCUT2D eigenvalue weighted by Crippen LogP contribution is -2.40. The molecule has 0 spiro atoms. The van der Waals surface area contributed by atoms with Gasteiger partial charge in [0.15, 0.2) is 0 Å². The first-order valence-electron chi connectivity index (χ1n) is 4.91. The van der Waals surface area contributed by atoms with Crippen LogP contribution in [0.1, 0.15) is 40.5 Å². The van der Waals surface area contributed by atoms with Crippen LogP contribution in [-0.4, -0.2) is 29.8 Å². The molecule has 0 heterocycles. The zero-order chi connectivity index (χ0) is 9.56. The molecule has 0 aromatic carbocycles. The Kier molecular flexibility index (Phi) is 5.99. The van der Waals surface area contributed by atoms with Crippen LogP contribution in [-0.2, 0) is 4.79 Å². The van der Waals surface area contributed by atoms with E-state index in [0.29, 0.717) is 5.78 Å². The van der Waals surface area contributed by atoms with Crippen LogP contribution in [0.2, 0.25) is 0 Å². The molecule has 0 amide bonds. The minimum atomic E-state index is 0.148. The minimum absolute atomic E-state index is 0.148. The summed E-state index contributed by atoms with van der Waals surface area (Å²) >= 11 is 0. The zero-order valence-corrected chi connectivity index (χ0v) is 8.76. The number of nitrogens with zero attached hydrogens (tertiary/aromatic N) is 1. The maximum Gasteiger partial charge on any atom is 0.146 e. The van der Waals surface area contributed by atoms with Crippen LogP contribution in [0.5, 0.6) is 0 Å². The van der Waals surface area contributed by atoms with Gasteiger partial charge >= 0.3 is 0 Å². The third-order valence-electron chi connectivity index (χ3n) is 2.21. The van der Waals surface area contributed by atoms with Gasteiger partial charge in [-0.25, -0.2) is 0 Å². The number of carbonyl (C=O) groups is 1. The highest BCUT2D eigenvalue weighted by molar-refractivity contribution is 5.81. The standard InChI is InChI=1S/C10H21NO/c1-5-8-11(7-3)10(6-2)9(4)12/h10H,5-8H2,1-4H3/t10-/m0/s1. The number of Topliss-reactive ketones (excluding diaryl/α,β-unsaturated/α-hetero) is 1. The van der Waals surface area contributed by atoms with E-state index in [1.807, 2.05) is 0 Å². The molecule has 72 valence electrons. The van der Waals surface area contributed by atoms with Crippen molar-refractivity contribution in [3.05, 3.63) is 0 Å². The third kappa shape index (κ3) is 3.35. The molecule has 0 aliphatic heterocycles. The minimum Gasteiger partial charge on any atom is -0.298 e. The fourth-order valence-corrected chi connectivity index (χ4v) is 1.62. The van der Waals surface area contributed by atoms with Crippen molar-refractivity contribution < 1.29 is 4.79 Å². The van der Waals surface area contributed by atoms with Crippen molar-refractivity contribution in [2.75, 3.05) is 13.1 Å². The molecule has 1 atom stereocenters.